The maximum Gasteiger partial charge on any atom is 0.487 e. The van der Waals surface area contributed by atoms with E-state index in [1.165, 1.54) is 11.1 Å². The molecule has 0 spiro atoms. The third kappa shape index (κ3) is 2.96. The minimum Gasteiger partial charge on any atom is -0.400 e. The first-order valence-electron chi connectivity index (χ1n) is 6.52. The molecule has 0 unspecified atom stereocenters. The molecule has 1 aliphatic rings. The van der Waals surface area contributed by atoms with Crippen LogP contribution in [0.25, 0.3) is 6.08 Å². The minimum absolute atomic E-state index is 0.283. The summed E-state index contributed by atoms with van der Waals surface area (Å²) in [7, 11) is -0.289. The average Bonchev–Trinajstić information content (AvgIpc) is 2.50. The second kappa shape index (κ2) is 5.08. The second-order valence-electron chi connectivity index (χ2n) is 5.94. The number of halogens is 1. The summed E-state index contributed by atoms with van der Waals surface area (Å²) in [5.74, 6) is 1.98. The lowest BCUT2D eigenvalue weighted by atomic mass is 9.88. The number of hydrogen-bond acceptors (Lipinski definition) is 2. The van der Waals surface area contributed by atoms with Crippen molar-refractivity contribution in [2.75, 3.05) is 0 Å². The Labute approximate surface area is 124 Å². The van der Waals surface area contributed by atoms with Gasteiger partial charge in [-0.15, -0.1) is 0 Å². The van der Waals surface area contributed by atoms with Gasteiger partial charge in [0.15, 0.2) is 0 Å². The van der Waals surface area contributed by atoms with Gasteiger partial charge in [0.25, 0.3) is 0 Å². The van der Waals surface area contributed by atoms with Crippen molar-refractivity contribution < 1.29 is 9.31 Å². The smallest absolute Gasteiger partial charge is 0.400 e. The van der Waals surface area contributed by atoms with E-state index in [1.807, 2.05) is 18.1 Å². The molecule has 0 aliphatic carbocycles. The SMILES string of the molecule is Cc1c(Br)cccc1/C=C/B1OC(C)(C)C(C)(C)O1. The molecule has 0 aromatic heterocycles. The van der Waals surface area contributed by atoms with Crippen LogP contribution >= 0.6 is 15.9 Å². The Kier molecular flexibility index (Phi) is 3.96. The molecule has 0 radical (unpaired) electrons. The molecule has 1 aromatic carbocycles. The van der Waals surface area contributed by atoms with Crippen molar-refractivity contribution in [2.45, 2.75) is 45.8 Å². The summed E-state index contributed by atoms with van der Waals surface area (Å²) >= 11 is 3.54. The normalized spacial score (nSPS) is 21.3. The Hall–Kier alpha value is -0.575. The van der Waals surface area contributed by atoms with Gasteiger partial charge in [0.2, 0.25) is 0 Å². The van der Waals surface area contributed by atoms with Gasteiger partial charge in [0, 0.05) is 4.47 Å². The molecule has 0 saturated carbocycles. The van der Waals surface area contributed by atoms with E-state index >= 15 is 0 Å². The van der Waals surface area contributed by atoms with Crippen molar-refractivity contribution in [3.05, 3.63) is 39.8 Å². The zero-order valence-electron chi connectivity index (χ0n) is 12.2. The van der Waals surface area contributed by atoms with Crippen LogP contribution in [0.3, 0.4) is 0 Å². The number of benzene rings is 1. The lowest BCUT2D eigenvalue weighted by Gasteiger charge is -2.32. The zero-order valence-corrected chi connectivity index (χ0v) is 13.7. The van der Waals surface area contributed by atoms with Gasteiger partial charge < -0.3 is 9.31 Å². The maximum atomic E-state index is 5.94. The molecule has 19 heavy (non-hydrogen) atoms. The van der Waals surface area contributed by atoms with Crippen molar-refractivity contribution in [3.8, 4) is 0 Å². The highest BCUT2D eigenvalue weighted by Gasteiger charge is 2.49. The molecule has 2 nitrogen and oxygen atoms in total. The van der Waals surface area contributed by atoms with E-state index in [-0.39, 0.29) is 18.3 Å². The van der Waals surface area contributed by atoms with Crippen LogP contribution in [-0.2, 0) is 9.31 Å². The molecule has 102 valence electrons. The first-order valence-corrected chi connectivity index (χ1v) is 7.31. The predicted octanol–water partition coefficient (Wildman–Crippen LogP) is 4.40. The minimum atomic E-state index is -0.289. The topological polar surface area (TPSA) is 18.5 Å². The van der Waals surface area contributed by atoms with Gasteiger partial charge in [-0.3, -0.25) is 0 Å². The van der Waals surface area contributed by atoms with Gasteiger partial charge in [-0.05, 0) is 51.8 Å². The molecule has 1 saturated heterocycles. The molecule has 1 aromatic rings. The van der Waals surface area contributed by atoms with Crippen molar-refractivity contribution in [3.63, 3.8) is 0 Å². The fourth-order valence-corrected chi connectivity index (χ4v) is 2.34. The molecular weight excluding hydrogens is 303 g/mol. The second-order valence-corrected chi connectivity index (χ2v) is 6.79. The van der Waals surface area contributed by atoms with E-state index in [9.17, 15) is 0 Å². The fraction of sp³-hybridized carbons (Fsp3) is 0.467. The summed E-state index contributed by atoms with van der Waals surface area (Å²) in [5, 5.41) is 0. The molecule has 1 fully saturated rings. The Morgan fingerprint density at radius 3 is 2.26 bits per heavy atom. The molecule has 0 bridgehead atoms. The Morgan fingerprint density at radius 2 is 1.68 bits per heavy atom. The third-order valence-corrected chi connectivity index (χ3v) is 4.87. The molecule has 0 N–H and O–H groups in total. The monoisotopic (exact) mass is 322 g/mol. The van der Waals surface area contributed by atoms with Crippen molar-refractivity contribution in [1.29, 1.82) is 0 Å². The largest absolute Gasteiger partial charge is 0.487 e. The summed E-state index contributed by atoms with van der Waals surface area (Å²) in [6.45, 7) is 10.3. The molecule has 1 heterocycles. The van der Waals surface area contributed by atoms with Crippen LogP contribution in [0.1, 0.15) is 38.8 Å². The first kappa shape index (κ1) is 14.8. The van der Waals surface area contributed by atoms with Crippen LogP contribution in [0.5, 0.6) is 0 Å². The molecule has 0 amide bonds. The highest BCUT2D eigenvalue weighted by Crippen LogP contribution is 2.37. The standard InChI is InChI=1S/C15H20BBrO2/c1-11-12(7-6-8-13(11)17)9-10-16-18-14(2,3)15(4,5)19-16/h6-10H,1-5H3/b10-9+. The van der Waals surface area contributed by atoms with Crippen molar-refractivity contribution in [2.24, 2.45) is 0 Å². The third-order valence-electron chi connectivity index (χ3n) is 4.01. The van der Waals surface area contributed by atoms with Gasteiger partial charge in [-0.25, -0.2) is 0 Å². The highest BCUT2D eigenvalue weighted by atomic mass is 79.9. The number of hydrogen-bond donors (Lipinski definition) is 0. The summed E-state index contributed by atoms with van der Waals surface area (Å²) < 4.78 is 13.0. The summed E-state index contributed by atoms with van der Waals surface area (Å²) in [6, 6.07) is 6.16. The van der Waals surface area contributed by atoms with E-state index in [0.717, 1.165) is 4.47 Å². The Balaban J connectivity index is 2.15. The maximum absolute atomic E-state index is 5.94. The zero-order chi connectivity index (χ0) is 14.3. The van der Waals surface area contributed by atoms with E-state index < -0.39 is 0 Å². The van der Waals surface area contributed by atoms with Crippen LogP contribution in [-0.4, -0.2) is 18.3 Å². The van der Waals surface area contributed by atoms with E-state index in [1.54, 1.807) is 0 Å². The van der Waals surface area contributed by atoms with E-state index in [0.29, 0.717) is 0 Å². The molecule has 4 heteroatoms. The average molecular weight is 323 g/mol. The van der Waals surface area contributed by atoms with Crippen LogP contribution in [0.15, 0.2) is 28.6 Å². The summed E-state index contributed by atoms with van der Waals surface area (Å²) in [6.07, 6.45) is 2.06. The number of rotatable bonds is 2. The van der Waals surface area contributed by atoms with Gasteiger partial charge >= 0.3 is 7.12 Å². The summed E-state index contributed by atoms with van der Waals surface area (Å²) in [4.78, 5) is 0. The van der Waals surface area contributed by atoms with Crippen molar-refractivity contribution >= 4 is 29.1 Å². The van der Waals surface area contributed by atoms with Crippen LogP contribution < -0.4 is 0 Å². The van der Waals surface area contributed by atoms with Crippen LogP contribution in [0, 0.1) is 6.92 Å². The molecule has 2 rings (SSSR count). The van der Waals surface area contributed by atoms with Gasteiger partial charge in [0.1, 0.15) is 0 Å². The van der Waals surface area contributed by atoms with E-state index in [2.05, 4.69) is 62.7 Å². The van der Waals surface area contributed by atoms with Gasteiger partial charge in [-0.2, -0.15) is 0 Å². The van der Waals surface area contributed by atoms with E-state index in [4.69, 9.17) is 9.31 Å². The Morgan fingerprint density at radius 1 is 1.11 bits per heavy atom. The lowest BCUT2D eigenvalue weighted by molar-refractivity contribution is 0.00578. The first-order chi connectivity index (χ1) is 8.73. The van der Waals surface area contributed by atoms with Gasteiger partial charge in [-0.1, -0.05) is 40.1 Å². The van der Waals surface area contributed by atoms with Crippen molar-refractivity contribution in [1.82, 2.24) is 0 Å². The quantitative estimate of drug-likeness (QED) is 0.751. The Bertz CT molecular complexity index is 493. The van der Waals surface area contributed by atoms with Crippen LogP contribution in [0.2, 0.25) is 0 Å². The highest BCUT2D eigenvalue weighted by molar-refractivity contribution is 9.10. The summed E-state index contributed by atoms with van der Waals surface area (Å²) in [5.41, 5.74) is 1.82. The molecule has 0 atom stereocenters. The molecular formula is C15H20BBrO2. The molecule has 1 aliphatic heterocycles. The fourth-order valence-electron chi connectivity index (χ4n) is 1.95. The predicted molar refractivity (Wildman–Crippen MR) is 84.0 cm³/mol. The lowest BCUT2D eigenvalue weighted by Crippen LogP contribution is -2.41. The van der Waals surface area contributed by atoms with Crippen LogP contribution in [0.4, 0.5) is 0 Å². The van der Waals surface area contributed by atoms with Gasteiger partial charge in [0.05, 0.1) is 11.2 Å².